The van der Waals surface area contributed by atoms with E-state index in [0.717, 1.165) is 23.0 Å². The molecule has 140 valence electrons. The molecule has 3 rings (SSSR count). The van der Waals surface area contributed by atoms with Gasteiger partial charge in [0.15, 0.2) is 11.0 Å². The Bertz CT molecular complexity index is 992. The van der Waals surface area contributed by atoms with Crippen LogP contribution >= 0.6 is 23.4 Å². The highest BCUT2D eigenvalue weighted by molar-refractivity contribution is 8.00. The lowest BCUT2D eigenvalue weighted by molar-refractivity contribution is -0.115. The van der Waals surface area contributed by atoms with Crippen molar-refractivity contribution in [3.63, 3.8) is 0 Å². The van der Waals surface area contributed by atoms with Crippen LogP contribution in [0.4, 0.5) is 10.1 Å². The lowest BCUT2D eigenvalue weighted by Crippen LogP contribution is -2.23. The van der Waals surface area contributed by atoms with E-state index in [-0.39, 0.29) is 10.9 Å². The fourth-order valence-electron chi connectivity index (χ4n) is 2.51. The number of hydrogen-bond donors (Lipinski definition) is 1. The van der Waals surface area contributed by atoms with Gasteiger partial charge in [-0.3, -0.25) is 4.79 Å². The molecular formula is C19H18ClFN4OS. The highest BCUT2D eigenvalue weighted by Crippen LogP contribution is 2.28. The number of amides is 1. The molecule has 0 aliphatic rings. The molecule has 5 nitrogen and oxygen atoms in total. The van der Waals surface area contributed by atoms with E-state index >= 15 is 0 Å². The van der Waals surface area contributed by atoms with E-state index < -0.39 is 11.1 Å². The van der Waals surface area contributed by atoms with Gasteiger partial charge in [0.1, 0.15) is 5.82 Å². The van der Waals surface area contributed by atoms with Crippen molar-refractivity contribution < 1.29 is 9.18 Å². The zero-order valence-corrected chi connectivity index (χ0v) is 16.6. The second kappa shape index (κ2) is 8.10. The summed E-state index contributed by atoms with van der Waals surface area (Å²) in [4.78, 5) is 12.5. The Morgan fingerprint density at radius 1 is 1.26 bits per heavy atom. The predicted octanol–water partition coefficient (Wildman–Crippen LogP) is 4.70. The highest BCUT2D eigenvalue weighted by atomic mass is 35.5. The van der Waals surface area contributed by atoms with Crippen molar-refractivity contribution >= 4 is 35.0 Å². The van der Waals surface area contributed by atoms with Gasteiger partial charge in [-0.2, -0.15) is 0 Å². The third kappa shape index (κ3) is 4.31. The monoisotopic (exact) mass is 404 g/mol. The van der Waals surface area contributed by atoms with Gasteiger partial charge in [-0.15, -0.1) is 10.2 Å². The summed E-state index contributed by atoms with van der Waals surface area (Å²) in [6, 6.07) is 11.8. The number of rotatable bonds is 5. The maximum Gasteiger partial charge on any atom is 0.237 e. The predicted molar refractivity (Wildman–Crippen MR) is 107 cm³/mol. The number of hydrogen-bond acceptors (Lipinski definition) is 4. The van der Waals surface area contributed by atoms with Crippen molar-refractivity contribution in [2.75, 3.05) is 5.32 Å². The molecule has 1 aromatic heterocycles. The van der Waals surface area contributed by atoms with Crippen LogP contribution in [0.25, 0.3) is 11.4 Å². The maximum atomic E-state index is 13.1. The zero-order valence-electron chi connectivity index (χ0n) is 15.0. The number of aromatic nitrogens is 3. The number of benzene rings is 2. The quantitative estimate of drug-likeness (QED) is 0.626. The maximum absolute atomic E-state index is 13.1. The zero-order chi connectivity index (χ0) is 19.6. The Morgan fingerprint density at radius 2 is 2.00 bits per heavy atom. The van der Waals surface area contributed by atoms with Crippen molar-refractivity contribution in [3.05, 3.63) is 58.9 Å². The normalized spacial score (nSPS) is 12.0. The summed E-state index contributed by atoms with van der Waals surface area (Å²) in [5.41, 5.74) is 2.46. The number of thioether (sulfide) groups is 1. The third-order valence-corrected chi connectivity index (χ3v) is 5.51. The summed E-state index contributed by atoms with van der Waals surface area (Å²) in [6.45, 7) is 3.78. The third-order valence-electron chi connectivity index (χ3n) is 4.06. The molecule has 0 aliphatic heterocycles. The van der Waals surface area contributed by atoms with Gasteiger partial charge in [-0.1, -0.05) is 47.6 Å². The Balaban J connectivity index is 1.73. The van der Waals surface area contributed by atoms with Crippen LogP contribution in [0.3, 0.4) is 0 Å². The Kier molecular flexibility index (Phi) is 5.82. The molecule has 27 heavy (non-hydrogen) atoms. The van der Waals surface area contributed by atoms with E-state index in [0.29, 0.717) is 10.8 Å². The molecule has 0 radical (unpaired) electrons. The summed E-state index contributed by atoms with van der Waals surface area (Å²) in [5.74, 6) is 0.0296. The van der Waals surface area contributed by atoms with Crippen LogP contribution in [-0.4, -0.2) is 25.9 Å². The molecule has 0 saturated heterocycles. The van der Waals surface area contributed by atoms with Gasteiger partial charge >= 0.3 is 0 Å². The highest BCUT2D eigenvalue weighted by Gasteiger charge is 2.20. The summed E-state index contributed by atoms with van der Waals surface area (Å²) in [6.07, 6.45) is 0. The average molecular weight is 405 g/mol. The first-order valence-corrected chi connectivity index (χ1v) is 9.50. The molecule has 0 saturated carbocycles. The van der Waals surface area contributed by atoms with Crippen LogP contribution in [0.1, 0.15) is 12.5 Å². The number of halogens is 2. The van der Waals surface area contributed by atoms with Crippen LogP contribution in [0.2, 0.25) is 5.02 Å². The van der Waals surface area contributed by atoms with Crippen molar-refractivity contribution in [1.82, 2.24) is 14.8 Å². The number of anilines is 1. The molecule has 1 heterocycles. The minimum atomic E-state index is -0.455. The fourth-order valence-corrected chi connectivity index (χ4v) is 3.54. The van der Waals surface area contributed by atoms with Crippen molar-refractivity contribution in [2.24, 2.45) is 7.05 Å². The van der Waals surface area contributed by atoms with E-state index in [9.17, 15) is 9.18 Å². The summed E-state index contributed by atoms with van der Waals surface area (Å²) in [7, 11) is 1.87. The molecule has 0 unspecified atom stereocenters. The van der Waals surface area contributed by atoms with Crippen LogP contribution in [0.15, 0.2) is 47.6 Å². The Morgan fingerprint density at radius 3 is 2.70 bits per heavy atom. The first-order valence-electron chi connectivity index (χ1n) is 8.24. The van der Waals surface area contributed by atoms with Gasteiger partial charge in [0, 0.05) is 12.6 Å². The van der Waals surface area contributed by atoms with E-state index in [2.05, 4.69) is 15.5 Å². The second-order valence-corrected chi connectivity index (χ2v) is 7.77. The molecule has 0 fully saturated rings. The lowest BCUT2D eigenvalue weighted by Gasteiger charge is -2.13. The van der Waals surface area contributed by atoms with E-state index in [4.69, 9.17) is 11.6 Å². The number of nitrogens with one attached hydrogen (secondary N) is 1. The first kappa shape index (κ1) is 19.4. The van der Waals surface area contributed by atoms with E-state index in [1.165, 1.54) is 23.9 Å². The standard InChI is InChI=1S/C19H18ClFN4OS/c1-11-6-4-5-7-14(11)17-23-24-19(25(17)3)27-12(2)18(26)22-16-9-8-13(21)10-15(16)20/h4-10,12H,1-3H3,(H,22,26)/t12-/m1/s1. The van der Waals surface area contributed by atoms with Gasteiger partial charge in [0.05, 0.1) is 16.0 Å². The largest absolute Gasteiger partial charge is 0.324 e. The molecule has 0 bridgehead atoms. The van der Waals surface area contributed by atoms with E-state index in [1.807, 2.05) is 42.8 Å². The minimum Gasteiger partial charge on any atom is -0.324 e. The van der Waals surface area contributed by atoms with Crippen LogP contribution in [0.5, 0.6) is 0 Å². The fraction of sp³-hybridized carbons (Fsp3) is 0.211. The van der Waals surface area contributed by atoms with Gasteiger partial charge in [0.25, 0.3) is 0 Å². The SMILES string of the molecule is Cc1ccccc1-c1nnc(S[C@H](C)C(=O)Nc2ccc(F)cc2Cl)n1C. The smallest absolute Gasteiger partial charge is 0.237 e. The molecule has 1 atom stereocenters. The minimum absolute atomic E-state index is 0.154. The molecule has 2 aromatic carbocycles. The van der Waals surface area contributed by atoms with Gasteiger partial charge in [-0.05, 0) is 37.6 Å². The van der Waals surface area contributed by atoms with E-state index in [1.54, 1.807) is 6.92 Å². The Labute approximate surface area is 166 Å². The molecule has 1 amide bonds. The molecule has 3 aromatic rings. The van der Waals surface area contributed by atoms with Gasteiger partial charge in [-0.25, -0.2) is 4.39 Å². The average Bonchev–Trinajstić information content (AvgIpc) is 2.98. The van der Waals surface area contributed by atoms with Crippen molar-refractivity contribution in [3.8, 4) is 11.4 Å². The molecule has 1 N–H and O–H groups in total. The Hall–Kier alpha value is -2.38. The number of nitrogens with zero attached hydrogens (tertiary/aromatic N) is 3. The molecular weight excluding hydrogens is 387 g/mol. The van der Waals surface area contributed by atoms with Gasteiger partial charge < -0.3 is 9.88 Å². The van der Waals surface area contributed by atoms with Crippen molar-refractivity contribution in [1.29, 1.82) is 0 Å². The number of carbonyl (C=O) groups is 1. The lowest BCUT2D eigenvalue weighted by atomic mass is 10.1. The number of aryl methyl sites for hydroxylation is 1. The van der Waals surface area contributed by atoms with Crippen molar-refractivity contribution in [2.45, 2.75) is 24.3 Å². The van der Waals surface area contributed by atoms with Crippen LogP contribution in [0, 0.1) is 12.7 Å². The summed E-state index contributed by atoms with van der Waals surface area (Å²) in [5, 5.41) is 11.5. The number of carbonyl (C=O) groups excluding carboxylic acids is 1. The summed E-state index contributed by atoms with van der Waals surface area (Å²) >= 11 is 7.25. The molecule has 0 spiro atoms. The molecule has 0 aliphatic carbocycles. The topological polar surface area (TPSA) is 59.8 Å². The summed E-state index contributed by atoms with van der Waals surface area (Å²) < 4.78 is 15.0. The van der Waals surface area contributed by atoms with Crippen LogP contribution in [-0.2, 0) is 11.8 Å². The van der Waals surface area contributed by atoms with Crippen LogP contribution < -0.4 is 5.32 Å². The first-order chi connectivity index (χ1) is 12.9. The molecule has 8 heteroatoms. The van der Waals surface area contributed by atoms with Gasteiger partial charge in [0.2, 0.25) is 5.91 Å². The second-order valence-electron chi connectivity index (χ2n) is 6.05.